The third-order valence-electron chi connectivity index (χ3n) is 2.63. The summed E-state index contributed by atoms with van der Waals surface area (Å²) in [4.78, 5) is 16.0. The lowest BCUT2D eigenvalue weighted by molar-refractivity contribution is -0.120. The molecule has 1 N–H and O–H groups in total. The molecule has 0 radical (unpaired) electrons. The summed E-state index contributed by atoms with van der Waals surface area (Å²) in [5.41, 5.74) is 1.84. The highest BCUT2D eigenvalue weighted by molar-refractivity contribution is 7.09. The van der Waals surface area contributed by atoms with Crippen LogP contribution in [-0.2, 0) is 17.8 Å². The first-order valence-corrected chi connectivity index (χ1v) is 6.86. The molecule has 0 fully saturated rings. The zero-order valence-corrected chi connectivity index (χ0v) is 11.8. The summed E-state index contributed by atoms with van der Waals surface area (Å²) in [6.07, 6.45) is 0.328. The average molecular weight is 276 g/mol. The zero-order chi connectivity index (χ0) is 13.7. The van der Waals surface area contributed by atoms with Crippen molar-refractivity contribution < 1.29 is 9.53 Å². The lowest BCUT2D eigenvalue weighted by atomic mass is 10.2. The van der Waals surface area contributed by atoms with E-state index in [1.807, 2.05) is 36.6 Å². The quantitative estimate of drug-likeness (QED) is 0.911. The van der Waals surface area contributed by atoms with Gasteiger partial charge >= 0.3 is 0 Å². The van der Waals surface area contributed by atoms with Crippen LogP contribution < -0.4 is 10.1 Å². The van der Waals surface area contributed by atoms with Crippen LogP contribution in [0.15, 0.2) is 29.6 Å². The molecule has 2 aromatic rings. The number of benzene rings is 1. The number of amides is 1. The summed E-state index contributed by atoms with van der Waals surface area (Å²) in [6, 6.07) is 7.65. The van der Waals surface area contributed by atoms with Gasteiger partial charge in [-0.05, 0) is 24.6 Å². The van der Waals surface area contributed by atoms with Crippen molar-refractivity contribution in [3.05, 3.63) is 45.9 Å². The number of hydrogen-bond acceptors (Lipinski definition) is 4. The fourth-order valence-electron chi connectivity index (χ4n) is 1.70. The molecule has 0 aliphatic heterocycles. The zero-order valence-electron chi connectivity index (χ0n) is 11.0. The van der Waals surface area contributed by atoms with Gasteiger partial charge in [0, 0.05) is 11.9 Å². The largest absolute Gasteiger partial charge is 0.497 e. The molecule has 1 aromatic carbocycles. The van der Waals surface area contributed by atoms with Crippen LogP contribution in [0.3, 0.4) is 0 Å². The molecule has 0 aliphatic rings. The van der Waals surface area contributed by atoms with Gasteiger partial charge in [-0.2, -0.15) is 0 Å². The molecule has 0 saturated heterocycles. The van der Waals surface area contributed by atoms with Gasteiger partial charge in [-0.25, -0.2) is 4.98 Å². The maximum Gasteiger partial charge on any atom is 0.226 e. The van der Waals surface area contributed by atoms with Crippen LogP contribution >= 0.6 is 11.3 Å². The van der Waals surface area contributed by atoms with Gasteiger partial charge in [0.15, 0.2) is 0 Å². The van der Waals surface area contributed by atoms with Crippen LogP contribution in [0.25, 0.3) is 0 Å². The third-order valence-corrected chi connectivity index (χ3v) is 3.45. The maximum atomic E-state index is 11.8. The normalized spacial score (nSPS) is 10.2. The Morgan fingerprint density at radius 2 is 2.32 bits per heavy atom. The van der Waals surface area contributed by atoms with Crippen molar-refractivity contribution in [1.82, 2.24) is 10.3 Å². The second-order valence-corrected chi connectivity index (χ2v) is 5.23. The van der Waals surface area contributed by atoms with E-state index in [0.29, 0.717) is 13.0 Å². The molecule has 19 heavy (non-hydrogen) atoms. The lowest BCUT2D eigenvalue weighted by Crippen LogP contribution is -2.24. The van der Waals surface area contributed by atoms with Crippen molar-refractivity contribution >= 4 is 17.2 Å². The average Bonchev–Trinajstić information content (AvgIpc) is 2.82. The molecule has 0 saturated carbocycles. The van der Waals surface area contributed by atoms with Crippen molar-refractivity contribution in [2.24, 2.45) is 0 Å². The van der Waals surface area contributed by atoms with Crippen LogP contribution in [0.2, 0.25) is 0 Å². The van der Waals surface area contributed by atoms with E-state index in [9.17, 15) is 4.79 Å². The molecule has 0 unspecified atom stereocenters. The minimum absolute atomic E-state index is 0.0203. The highest BCUT2D eigenvalue weighted by Crippen LogP contribution is 2.12. The van der Waals surface area contributed by atoms with Crippen LogP contribution in [0, 0.1) is 6.92 Å². The molecule has 4 nitrogen and oxygen atoms in total. The first kappa shape index (κ1) is 13.5. The third kappa shape index (κ3) is 4.06. The van der Waals surface area contributed by atoms with Crippen LogP contribution in [0.1, 0.15) is 16.3 Å². The molecule has 0 bridgehead atoms. The molecular formula is C14H16N2O2S. The Morgan fingerprint density at radius 3 is 3.00 bits per heavy atom. The Morgan fingerprint density at radius 1 is 1.47 bits per heavy atom. The summed E-state index contributed by atoms with van der Waals surface area (Å²) in [5.74, 6) is 0.773. The Labute approximate surface area is 116 Å². The van der Waals surface area contributed by atoms with E-state index in [0.717, 1.165) is 22.0 Å². The van der Waals surface area contributed by atoms with E-state index in [2.05, 4.69) is 10.3 Å². The van der Waals surface area contributed by atoms with E-state index in [4.69, 9.17) is 4.74 Å². The molecule has 0 aliphatic carbocycles. The summed E-state index contributed by atoms with van der Waals surface area (Å²) >= 11 is 1.56. The van der Waals surface area contributed by atoms with Crippen LogP contribution in [0.4, 0.5) is 0 Å². The van der Waals surface area contributed by atoms with Gasteiger partial charge in [0.05, 0.1) is 24.2 Å². The summed E-state index contributed by atoms with van der Waals surface area (Å²) < 4.78 is 5.14. The molecule has 2 rings (SSSR count). The Hall–Kier alpha value is -1.88. The Kier molecular flexibility index (Phi) is 4.52. The van der Waals surface area contributed by atoms with Crippen molar-refractivity contribution in [2.45, 2.75) is 19.9 Å². The Balaban J connectivity index is 1.86. The van der Waals surface area contributed by atoms with Gasteiger partial charge in [0.2, 0.25) is 5.91 Å². The van der Waals surface area contributed by atoms with Gasteiger partial charge in [0.25, 0.3) is 0 Å². The smallest absolute Gasteiger partial charge is 0.226 e. The number of thiazole rings is 1. The van der Waals surface area contributed by atoms with Crippen molar-refractivity contribution in [3.8, 4) is 5.75 Å². The topological polar surface area (TPSA) is 51.2 Å². The predicted octanol–water partition coefficient (Wildman–Crippen LogP) is 2.32. The second-order valence-electron chi connectivity index (χ2n) is 4.16. The second kappa shape index (κ2) is 6.33. The van der Waals surface area contributed by atoms with Crippen LogP contribution in [0.5, 0.6) is 5.75 Å². The minimum Gasteiger partial charge on any atom is -0.497 e. The van der Waals surface area contributed by atoms with E-state index >= 15 is 0 Å². The molecule has 5 heteroatoms. The van der Waals surface area contributed by atoms with Crippen molar-refractivity contribution in [1.29, 1.82) is 0 Å². The lowest BCUT2D eigenvalue weighted by Gasteiger charge is -2.06. The highest BCUT2D eigenvalue weighted by Gasteiger charge is 2.06. The standard InChI is InChI=1S/C14H16N2O2S/c1-10-16-12(9-19-10)7-14(17)15-8-11-4-3-5-13(6-11)18-2/h3-6,9H,7-8H2,1-2H3,(H,15,17). The monoisotopic (exact) mass is 276 g/mol. The van der Waals surface area contributed by atoms with Crippen molar-refractivity contribution in [2.75, 3.05) is 7.11 Å². The summed E-state index contributed by atoms with van der Waals surface area (Å²) in [6.45, 7) is 2.43. The number of nitrogens with zero attached hydrogens (tertiary/aromatic N) is 1. The Bertz CT molecular complexity index is 566. The SMILES string of the molecule is COc1cccc(CNC(=O)Cc2csc(C)n2)c1. The van der Waals surface area contributed by atoms with Gasteiger partial charge in [0.1, 0.15) is 5.75 Å². The number of aromatic nitrogens is 1. The number of carbonyl (C=O) groups is 1. The molecule has 1 heterocycles. The van der Waals surface area contributed by atoms with Gasteiger partial charge < -0.3 is 10.1 Å². The summed E-state index contributed by atoms with van der Waals surface area (Å²) in [5, 5.41) is 5.78. The molecular weight excluding hydrogens is 260 g/mol. The van der Waals surface area contributed by atoms with E-state index in [1.165, 1.54) is 0 Å². The number of rotatable bonds is 5. The molecule has 0 spiro atoms. The predicted molar refractivity (Wildman–Crippen MR) is 75.4 cm³/mol. The van der Waals surface area contributed by atoms with Gasteiger partial charge in [-0.1, -0.05) is 12.1 Å². The fraction of sp³-hybridized carbons (Fsp3) is 0.286. The fourth-order valence-corrected chi connectivity index (χ4v) is 2.31. The molecule has 1 aromatic heterocycles. The van der Waals surface area contributed by atoms with Gasteiger partial charge in [-0.15, -0.1) is 11.3 Å². The summed E-state index contributed by atoms with van der Waals surface area (Å²) in [7, 11) is 1.63. The van der Waals surface area contributed by atoms with E-state index in [1.54, 1.807) is 18.4 Å². The maximum absolute atomic E-state index is 11.8. The van der Waals surface area contributed by atoms with Gasteiger partial charge in [-0.3, -0.25) is 4.79 Å². The molecule has 0 atom stereocenters. The number of hydrogen-bond donors (Lipinski definition) is 1. The van der Waals surface area contributed by atoms with E-state index < -0.39 is 0 Å². The number of methoxy groups -OCH3 is 1. The molecule has 1 amide bonds. The first-order chi connectivity index (χ1) is 9.17. The van der Waals surface area contributed by atoms with Crippen molar-refractivity contribution in [3.63, 3.8) is 0 Å². The first-order valence-electron chi connectivity index (χ1n) is 5.98. The minimum atomic E-state index is -0.0203. The van der Waals surface area contributed by atoms with E-state index in [-0.39, 0.29) is 5.91 Å². The molecule has 100 valence electrons. The number of nitrogens with one attached hydrogen (secondary N) is 1. The van der Waals surface area contributed by atoms with Crippen LogP contribution in [-0.4, -0.2) is 18.0 Å². The number of ether oxygens (including phenoxy) is 1. The number of carbonyl (C=O) groups excluding carboxylic acids is 1. The number of aryl methyl sites for hydroxylation is 1. The highest BCUT2D eigenvalue weighted by atomic mass is 32.1.